The van der Waals surface area contributed by atoms with Crippen molar-refractivity contribution >= 4 is 0 Å². The molecule has 0 spiro atoms. The average molecular weight is 196 g/mol. The Morgan fingerprint density at radius 3 is 2.79 bits per heavy atom. The van der Waals surface area contributed by atoms with Crippen LogP contribution >= 0.6 is 0 Å². The molecule has 0 aromatic heterocycles. The molecule has 1 aliphatic heterocycles. The fraction of sp³-hybridized carbons (Fsp3) is 1.00. The number of hydrogen-bond donors (Lipinski definition) is 1. The van der Waals surface area contributed by atoms with Gasteiger partial charge in [0.15, 0.2) is 0 Å². The molecule has 1 heterocycles. The van der Waals surface area contributed by atoms with Crippen LogP contribution < -0.4 is 5.73 Å². The summed E-state index contributed by atoms with van der Waals surface area (Å²) in [6.07, 6.45) is 7.01. The Balaban J connectivity index is 1.71. The molecule has 2 fully saturated rings. The van der Waals surface area contributed by atoms with Gasteiger partial charge in [-0.05, 0) is 50.6 Å². The molecule has 3 atom stereocenters. The third-order valence-corrected chi connectivity index (χ3v) is 4.26. The van der Waals surface area contributed by atoms with Crippen LogP contribution in [-0.4, -0.2) is 30.6 Å². The van der Waals surface area contributed by atoms with Crippen molar-refractivity contribution < 1.29 is 0 Å². The van der Waals surface area contributed by atoms with Crippen LogP contribution in [0.1, 0.15) is 39.0 Å². The SMILES string of the molecule is CCC(CN)CCN1CC2CCC1C2. The van der Waals surface area contributed by atoms with Gasteiger partial charge in [-0.1, -0.05) is 13.3 Å². The first-order valence-corrected chi connectivity index (χ1v) is 6.27. The minimum Gasteiger partial charge on any atom is -0.330 e. The second kappa shape index (κ2) is 4.63. The topological polar surface area (TPSA) is 29.3 Å². The Hall–Kier alpha value is -0.0800. The molecule has 2 heteroatoms. The Morgan fingerprint density at radius 2 is 2.29 bits per heavy atom. The molecule has 2 bridgehead atoms. The second-order valence-corrected chi connectivity index (χ2v) is 5.13. The molecule has 2 aliphatic rings. The van der Waals surface area contributed by atoms with E-state index < -0.39 is 0 Å². The number of likely N-dealkylation sites (tertiary alicyclic amines) is 1. The van der Waals surface area contributed by atoms with Crippen molar-refractivity contribution in [2.24, 2.45) is 17.6 Å². The lowest BCUT2D eigenvalue weighted by atomic mass is 10.0. The zero-order valence-electron chi connectivity index (χ0n) is 9.41. The normalized spacial score (nSPS) is 33.9. The van der Waals surface area contributed by atoms with Crippen molar-refractivity contribution in [3.8, 4) is 0 Å². The predicted molar refractivity (Wildman–Crippen MR) is 60.2 cm³/mol. The molecule has 14 heavy (non-hydrogen) atoms. The van der Waals surface area contributed by atoms with Crippen molar-refractivity contribution in [3.63, 3.8) is 0 Å². The lowest BCUT2D eigenvalue weighted by Crippen LogP contribution is -2.34. The van der Waals surface area contributed by atoms with Gasteiger partial charge in [-0.3, -0.25) is 0 Å². The number of hydrogen-bond acceptors (Lipinski definition) is 2. The van der Waals surface area contributed by atoms with Gasteiger partial charge < -0.3 is 10.6 Å². The van der Waals surface area contributed by atoms with Gasteiger partial charge in [-0.2, -0.15) is 0 Å². The van der Waals surface area contributed by atoms with E-state index in [4.69, 9.17) is 5.73 Å². The van der Waals surface area contributed by atoms with E-state index in [1.807, 2.05) is 0 Å². The molecular weight excluding hydrogens is 172 g/mol. The van der Waals surface area contributed by atoms with E-state index in [0.29, 0.717) is 0 Å². The molecule has 3 unspecified atom stereocenters. The van der Waals surface area contributed by atoms with Gasteiger partial charge >= 0.3 is 0 Å². The van der Waals surface area contributed by atoms with Crippen LogP contribution in [0.15, 0.2) is 0 Å². The zero-order chi connectivity index (χ0) is 9.97. The molecule has 0 amide bonds. The van der Waals surface area contributed by atoms with Gasteiger partial charge in [0.25, 0.3) is 0 Å². The molecule has 1 saturated heterocycles. The molecule has 2 nitrogen and oxygen atoms in total. The molecule has 2 N–H and O–H groups in total. The Labute approximate surface area is 87.8 Å². The third kappa shape index (κ3) is 2.12. The molecule has 0 radical (unpaired) electrons. The number of nitrogens with two attached hydrogens (primary N) is 1. The maximum absolute atomic E-state index is 5.73. The minimum absolute atomic E-state index is 0.758. The molecule has 2 rings (SSSR count). The highest BCUT2D eigenvalue weighted by molar-refractivity contribution is 4.92. The van der Waals surface area contributed by atoms with E-state index in [0.717, 1.165) is 24.4 Å². The highest BCUT2D eigenvalue weighted by Crippen LogP contribution is 2.37. The molecule has 1 aliphatic carbocycles. The van der Waals surface area contributed by atoms with Crippen molar-refractivity contribution in [2.45, 2.75) is 45.1 Å². The molecule has 82 valence electrons. The summed E-state index contributed by atoms with van der Waals surface area (Å²) in [4.78, 5) is 2.71. The highest BCUT2D eigenvalue weighted by atomic mass is 15.2. The summed E-state index contributed by atoms with van der Waals surface area (Å²) in [7, 11) is 0. The minimum atomic E-state index is 0.758. The number of fused-ring (bicyclic) bond motifs is 2. The van der Waals surface area contributed by atoms with Crippen LogP contribution in [0.4, 0.5) is 0 Å². The maximum Gasteiger partial charge on any atom is 0.00985 e. The molecule has 0 aromatic carbocycles. The van der Waals surface area contributed by atoms with Crippen molar-refractivity contribution in [1.29, 1.82) is 0 Å². The van der Waals surface area contributed by atoms with Crippen molar-refractivity contribution in [3.05, 3.63) is 0 Å². The van der Waals surface area contributed by atoms with Gasteiger partial charge in [0.2, 0.25) is 0 Å². The largest absolute Gasteiger partial charge is 0.330 e. The van der Waals surface area contributed by atoms with Gasteiger partial charge in [-0.15, -0.1) is 0 Å². The molecule has 0 aromatic rings. The van der Waals surface area contributed by atoms with E-state index in [-0.39, 0.29) is 0 Å². The summed E-state index contributed by atoms with van der Waals surface area (Å²) in [6.45, 7) is 5.81. The third-order valence-electron chi connectivity index (χ3n) is 4.26. The van der Waals surface area contributed by atoms with Gasteiger partial charge in [0.1, 0.15) is 0 Å². The number of rotatable bonds is 5. The maximum atomic E-state index is 5.73. The van der Waals surface area contributed by atoms with Crippen LogP contribution in [-0.2, 0) is 0 Å². The highest BCUT2D eigenvalue weighted by Gasteiger charge is 2.37. The predicted octanol–water partition coefficient (Wildman–Crippen LogP) is 1.85. The second-order valence-electron chi connectivity index (χ2n) is 5.13. The molecule has 1 saturated carbocycles. The summed E-state index contributed by atoms with van der Waals surface area (Å²) >= 11 is 0. The lowest BCUT2D eigenvalue weighted by Gasteiger charge is -2.28. The summed E-state index contributed by atoms with van der Waals surface area (Å²) in [5, 5.41) is 0. The van der Waals surface area contributed by atoms with E-state index in [1.54, 1.807) is 0 Å². The standard InChI is InChI=1S/C12H24N2/c1-2-10(8-13)5-6-14-9-11-3-4-12(14)7-11/h10-12H,2-9,13H2,1H3. The van der Waals surface area contributed by atoms with E-state index in [1.165, 1.54) is 45.2 Å². The van der Waals surface area contributed by atoms with Crippen LogP contribution in [0, 0.1) is 11.8 Å². The summed E-state index contributed by atoms with van der Waals surface area (Å²) in [5.41, 5.74) is 5.73. The fourth-order valence-electron chi connectivity index (χ4n) is 3.14. The van der Waals surface area contributed by atoms with Crippen LogP contribution in [0.25, 0.3) is 0 Å². The Bertz CT molecular complexity index is 177. The smallest absolute Gasteiger partial charge is 0.00985 e. The number of piperidine rings is 1. The van der Waals surface area contributed by atoms with Gasteiger partial charge in [0, 0.05) is 12.6 Å². The first-order valence-electron chi connectivity index (χ1n) is 6.27. The summed E-state index contributed by atoms with van der Waals surface area (Å²) in [5.74, 6) is 1.80. The Kier molecular flexibility index (Phi) is 3.45. The van der Waals surface area contributed by atoms with Gasteiger partial charge in [0.05, 0.1) is 0 Å². The fourth-order valence-corrected chi connectivity index (χ4v) is 3.14. The Morgan fingerprint density at radius 1 is 1.43 bits per heavy atom. The monoisotopic (exact) mass is 196 g/mol. The zero-order valence-corrected chi connectivity index (χ0v) is 9.41. The quantitative estimate of drug-likeness (QED) is 0.727. The summed E-state index contributed by atoms with van der Waals surface area (Å²) < 4.78 is 0. The summed E-state index contributed by atoms with van der Waals surface area (Å²) in [6, 6.07) is 0.940. The average Bonchev–Trinajstić information content (AvgIpc) is 2.80. The van der Waals surface area contributed by atoms with Crippen LogP contribution in [0.3, 0.4) is 0 Å². The van der Waals surface area contributed by atoms with Gasteiger partial charge in [-0.25, -0.2) is 0 Å². The first-order chi connectivity index (χ1) is 6.83. The first kappa shape index (κ1) is 10.4. The van der Waals surface area contributed by atoms with E-state index >= 15 is 0 Å². The van der Waals surface area contributed by atoms with Crippen LogP contribution in [0.5, 0.6) is 0 Å². The van der Waals surface area contributed by atoms with Crippen LogP contribution in [0.2, 0.25) is 0 Å². The molecular formula is C12H24N2. The van der Waals surface area contributed by atoms with E-state index in [2.05, 4.69) is 11.8 Å². The lowest BCUT2D eigenvalue weighted by molar-refractivity contribution is 0.198. The van der Waals surface area contributed by atoms with Crippen molar-refractivity contribution in [1.82, 2.24) is 4.90 Å². The van der Waals surface area contributed by atoms with Crippen molar-refractivity contribution in [2.75, 3.05) is 19.6 Å². The number of nitrogens with zero attached hydrogens (tertiary/aromatic N) is 1. The van der Waals surface area contributed by atoms with E-state index in [9.17, 15) is 0 Å².